The van der Waals surface area contributed by atoms with Gasteiger partial charge in [-0.25, -0.2) is 8.42 Å². The lowest BCUT2D eigenvalue weighted by Crippen LogP contribution is -2.37. The van der Waals surface area contributed by atoms with Crippen molar-refractivity contribution >= 4 is 46.4 Å². The summed E-state index contributed by atoms with van der Waals surface area (Å²) in [6.45, 7) is 6.56. The van der Waals surface area contributed by atoms with Crippen molar-refractivity contribution in [1.29, 1.82) is 0 Å². The Labute approximate surface area is 180 Å². The predicted molar refractivity (Wildman–Crippen MR) is 118 cm³/mol. The van der Waals surface area contributed by atoms with Gasteiger partial charge in [-0.1, -0.05) is 19.9 Å². The molecule has 1 aromatic rings. The highest BCUT2D eigenvalue weighted by atomic mass is 35.5. The molecule has 0 aliphatic carbocycles. The second kappa shape index (κ2) is 11.9. The lowest BCUT2D eigenvalue weighted by Gasteiger charge is -2.21. The Balaban J connectivity index is 0.00000364. The van der Waals surface area contributed by atoms with E-state index < -0.39 is 16.1 Å². The molecule has 1 atom stereocenters. The van der Waals surface area contributed by atoms with Gasteiger partial charge in [0.1, 0.15) is 0 Å². The minimum atomic E-state index is -3.58. The molecule has 2 rings (SSSR count). The van der Waals surface area contributed by atoms with Crippen LogP contribution < -0.4 is 11.1 Å². The summed E-state index contributed by atoms with van der Waals surface area (Å²) in [7, 11) is -1.59. The highest BCUT2D eigenvalue weighted by Gasteiger charge is 2.26. The zero-order chi connectivity index (χ0) is 19.3. The summed E-state index contributed by atoms with van der Waals surface area (Å²) in [6.07, 6.45) is 1.38. The van der Waals surface area contributed by atoms with E-state index in [4.69, 9.17) is 5.73 Å². The van der Waals surface area contributed by atoms with E-state index in [2.05, 4.69) is 10.2 Å². The molecule has 1 aliphatic heterocycles. The topological polar surface area (TPSA) is 95.7 Å². The van der Waals surface area contributed by atoms with Gasteiger partial charge in [0.2, 0.25) is 15.9 Å². The van der Waals surface area contributed by atoms with Gasteiger partial charge in [0.25, 0.3) is 0 Å². The van der Waals surface area contributed by atoms with Gasteiger partial charge < -0.3 is 16.0 Å². The van der Waals surface area contributed by atoms with Gasteiger partial charge in [0, 0.05) is 25.3 Å². The van der Waals surface area contributed by atoms with Crippen molar-refractivity contribution in [2.24, 2.45) is 11.7 Å². The first kappa shape index (κ1) is 27.1. The monoisotopic (exact) mass is 454 g/mol. The highest BCUT2D eigenvalue weighted by molar-refractivity contribution is 7.89. The van der Waals surface area contributed by atoms with E-state index in [-0.39, 0.29) is 35.6 Å². The fourth-order valence-corrected chi connectivity index (χ4v) is 4.51. The number of rotatable bonds is 6. The number of nitrogens with two attached hydrogens (primary N) is 1. The van der Waals surface area contributed by atoms with E-state index in [1.165, 1.54) is 10.4 Å². The van der Waals surface area contributed by atoms with E-state index in [1.807, 2.05) is 20.9 Å². The van der Waals surface area contributed by atoms with Crippen molar-refractivity contribution in [2.45, 2.75) is 37.6 Å². The van der Waals surface area contributed by atoms with E-state index in [1.54, 1.807) is 18.2 Å². The van der Waals surface area contributed by atoms with Crippen molar-refractivity contribution in [3.05, 3.63) is 24.3 Å². The number of likely N-dealkylation sites (N-methyl/N-ethyl adjacent to an activating group) is 1. The number of sulfonamides is 1. The lowest BCUT2D eigenvalue weighted by atomic mass is 10.0. The van der Waals surface area contributed by atoms with Gasteiger partial charge in [-0.3, -0.25) is 4.79 Å². The molecule has 28 heavy (non-hydrogen) atoms. The van der Waals surface area contributed by atoms with Gasteiger partial charge in [0.15, 0.2) is 0 Å². The van der Waals surface area contributed by atoms with Gasteiger partial charge in [-0.05, 0) is 50.6 Å². The third-order valence-corrected chi connectivity index (χ3v) is 6.37. The van der Waals surface area contributed by atoms with Crippen molar-refractivity contribution in [2.75, 3.05) is 38.5 Å². The second-order valence-electron chi connectivity index (χ2n) is 7.31. The number of halogens is 2. The van der Waals surface area contributed by atoms with Crippen LogP contribution in [-0.2, 0) is 14.8 Å². The zero-order valence-electron chi connectivity index (χ0n) is 16.6. The maximum Gasteiger partial charge on any atom is 0.243 e. The minimum absolute atomic E-state index is 0. The average molecular weight is 455 g/mol. The largest absolute Gasteiger partial charge is 0.325 e. The molecule has 7 nitrogen and oxygen atoms in total. The molecule has 1 aliphatic rings. The molecular weight excluding hydrogens is 423 g/mol. The third-order valence-electron chi connectivity index (χ3n) is 4.48. The molecule has 0 unspecified atom stereocenters. The lowest BCUT2D eigenvalue weighted by molar-refractivity contribution is -0.117. The Hall–Kier alpha value is -0.900. The summed E-state index contributed by atoms with van der Waals surface area (Å²) in [4.78, 5) is 14.5. The van der Waals surface area contributed by atoms with Crippen LogP contribution >= 0.6 is 24.8 Å². The van der Waals surface area contributed by atoms with Crippen LogP contribution in [0.2, 0.25) is 0 Å². The summed E-state index contributed by atoms with van der Waals surface area (Å²) in [6, 6.07) is 5.77. The highest BCUT2D eigenvalue weighted by Crippen LogP contribution is 2.21. The number of anilines is 1. The second-order valence-corrected chi connectivity index (χ2v) is 9.25. The van der Waals surface area contributed by atoms with E-state index in [0.29, 0.717) is 37.7 Å². The summed E-state index contributed by atoms with van der Waals surface area (Å²) in [5, 5.41) is 2.73. The Morgan fingerprint density at radius 2 is 1.86 bits per heavy atom. The van der Waals surface area contributed by atoms with Gasteiger partial charge in [-0.2, -0.15) is 4.31 Å². The number of carbonyl (C=O) groups is 1. The number of benzene rings is 1. The van der Waals surface area contributed by atoms with Crippen molar-refractivity contribution in [3.8, 4) is 0 Å². The van der Waals surface area contributed by atoms with Crippen molar-refractivity contribution < 1.29 is 13.2 Å². The molecule has 1 saturated heterocycles. The minimum Gasteiger partial charge on any atom is -0.325 e. The van der Waals surface area contributed by atoms with Crippen LogP contribution in [0.4, 0.5) is 5.69 Å². The van der Waals surface area contributed by atoms with Crippen molar-refractivity contribution in [1.82, 2.24) is 9.21 Å². The first-order valence-corrected chi connectivity index (χ1v) is 10.5. The molecule has 1 aromatic carbocycles. The predicted octanol–water partition coefficient (Wildman–Crippen LogP) is 2.17. The van der Waals surface area contributed by atoms with Crippen LogP contribution in [0.15, 0.2) is 29.2 Å². The molecule has 1 amide bonds. The van der Waals surface area contributed by atoms with Gasteiger partial charge in [-0.15, -0.1) is 24.8 Å². The fraction of sp³-hybridized carbons (Fsp3) is 0.611. The van der Waals surface area contributed by atoms with Gasteiger partial charge >= 0.3 is 0 Å². The van der Waals surface area contributed by atoms with Crippen molar-refractivity contribution in [3.63, 3.8) is 0 Å². The molecular formula is C18H32Cl2N4O3S. The molecule has 0 aromatic heterocycles. The fourth-order valence-electron chi connectivity index (χ4n) is 3.00. The third kappa shape index (κ3) is 7.50. The van der Waals surface area contributed by atoms with Crippen LogP contribution in [0.1, 0.15) is 26.7 Å². The molecule has 162 valence electrons. The molecule has 0 bridgehead atoms. The quantitative estimate of drug-likeness (QED) is 0.686. The number of nitrogens with one attached hydrogen (secondary N) is 1. The number of hydrogen-bond acceptors (Lipinski definition) is 5. The first-order valence-electron chi connectivity index (χ1n) is 9.05. The molecule has 1 heterocycles. The van der Waals surface area contributed by atoms with Crippen LogP contribution in [0, 0.1) is 5.92 Å². The molecule has 0 spiro atoms. The average Bonchev–Trinajstić information content (AvgIpc) is 2.79. The molecule has 10 heteroatoms. The molecule has 0 radical (unpaired) electrons. The van der Waals surface area contributed by atoms with Crippen LogP contribution in [0.5, 0.6) is 0 Å². The number of nitrogens with zero attached hydrogens (tertiary/aromatic N) is 2. The normalized spacial score (nSPS) is 17.2. The van der Waals surface area contributed by atoms with Crippen LogP contribution in [-0.4, -0.2) is 62.8 Å². The summed E-state index contributed by atoms with van der Waals surface area (Å²) >= 11 is 0. The zero-order valence-corrected chi connectivity index (χ0v) is 19.1. The Morgan fingerprint density at radius 1 is 1.18 bits per heavy atom. The maximum absolute atomic E-state index is 12.9. The molecule has 0 saturated carbocycles. The first-order chi connectivity index (χ1) is 12.2. The Bertz CT molecular complexity index is 731. The van der Waals surface area contributed by atoms with Gasteiger partial charge in [0.05, 0.1) is 10.9 Å². The van der Waals surface area contributed by atoms with Crippen LogP contribution in [0.25, 0.3) is 0 Å². The van der Waals surface area contributed by atoms with E-state index >= 15 is 0 Å². The number of hydrogen-bond donors (Lipinski definition) is 2. The molecule has 1 fully saturated rings. The smallest absolute Gasteiger partial charge is 0.243 e. The Morgan fingerprint density at radius 3 is 2.50 bits per heavy atom. The summed E-state index contributed by atoms with van der Waals surface area (Å²) in [5.41, 5.74) is 6.34. The SMILES string of the molecule is CC(C)C[C@H](N)C(=O)Nc1cccc(S(=O)(=O)N2CCCN(C)CC2)c1.Cl.Cl. The standard InChI is InChI=1S/C18H30N4O3S.2ClH/c1-14(2)12-17(19)18(23)20-15-6-4-7-16(13-15)26(24,25)22-9-5-8-21(3)10-11-22;;/h4,6-7,13-14,17H,5,8-12,19H2,1-3H3,(H,20,23);2*1H/t17-;;/m0../s1. The van der Waals surface area contributed by atoms with E-state index in [0.717, 1.165) is 13.0 Å². The van der Waals surface area contributed by atoms with Crippen LogP contribution in [0.3, 0.4) is 0 Å². The maximum atomic E-state index is 12.9. The number of carbonyl (C=O) groups excluding carboxylic acids is 1. The number of amides is 1. The van der Waals surface area contributed by atoms with E-state index in [9.17, 15) is 13.2 Å². The molecule has 3 N–H and O–H groups in total. The Kier molecular flexibility index (Phi) is 11.6. The summed E-state index contributed by atoms with van der Waals surface area (Å²) in [5.74, 6) is 0.00766. The summed E-state index contributed by atoms with van der Waals surface area (Å²) < 4.78 is 27.4.